The van der Waals surface area contributed by atoms with Crippen molar-refractivity contribution >= 4 is 40.6 Å². The third kappa shape index (κ3) is 11.0. The number of amides is 5. The van der Waals surface area contributed by atoms with Crippen LogP contribution in [0.1, 0.15) is 95.7 Å². The molecule has 17 heteroatoms. The lowest BCUT2D eigenvalue weighted by Crippen LogP contribution is -2.66. The number of hydrogen-bond donors (Lipinski definition) is 2. The van der Waals surface area contributed by atoms with E-state index in [2.05, 4.69) is 72.8 Å². The summed E-state index contributed by atoms with van der Waals surface area (Å²) in [5.74, 6) is -1.93. The molecule has 0 radical (unpaired) electrons. The number of alkyl halides is 1. The maximum absolute atomic E-state index is 15.1. The van der Waals surface area contributed by atoms with Crippen LogP contribution in [0.25, 0.3) is 33.3 Å². The number of hydrazine groups is 1. The number of nitrogens with zero attached hydrogens (tertiary/aromatic N) is 7. The van der Waals surface area contributed by atoms with Gasteiger partial charge in [0.2, 0.25) is 11.8 Å². The number of hydrogen-bond acceptors (Lipinski definition) is 10. The van der Waals surface area contributed by atoms with Gasteiger partial charge in [0.1, 0.15) is 24.8 Å². The minimum Gasteiger partial charge on any atom is -0.464 e. The molecule has 6 bridgehead atoms. The van der Waals surface area contributed by atoms with E-state index in [0.717, 1.165) is 44.5 Å². The number of piperazine rings is 1. The molecule has 398 valence electrons. The number of cyclic esters (lactones) is 1. The highest BCUT2D eigenvalue weighted by molar-refractivity contribution is 5.96. The molecule has 5 amide bonds. The van der Waals surface area contributed by atoms with E-state index in [9.17, 15) is 24.0 Å². The Bertz CT molecular complexity index is 2770. The number of benzene rings is 2. The van der Waals surface area contributed by atoms with Crippen molar-refractivity contribution in [3.8, 4) is 22.4 Å². The second-order valence-corrected chi connectivity index (χ2v) is 22.0. The van der Waals surface area contributed by atoms with E-state index in [1.54, 1.807) is 31.3 Å². The van der Waals surface area contributed by atoms with Crippen LogP contribution in [-0.2, 0) is 54.7 Å². The van der Waals surface area contributed by atoms with Crippen LogP contribution < -0.4 is 10.7 Å². The first-order valence-corrected chi connectivity index (χ1v) is 26.3. The predicted octanol–water partition coefficient (Wildman–Crippen LogP) is 7.09. The molecule has 74 heavy (non-hydrogen) atoms. The number of urea groups is 1. The van der Waals surface area contributed by atoms with E-state index >= 15 is 4.39 Å². The number of aromatic nitrogens is 2. The number of fused-ring (bicyclic) bond motifs is 6. The number of rotatable bonds is 10. The summed E-state index contributed by atoms with van der Waals surface area (Å²) < 4.78 is 29.3. The number of halogens is 1. The largest absolute Gasteiger partial charge is 0.464 e. The van der Waals surface area contributed by atoms with Gasteiger partial charge in [-0.25, -0.2) is 14.6 Å². The van der Waals surface area contributed by atoms with Gasteiger partial charge in [-0.2, -0.15) is 0 Å². The quantitative estimate of drug-likeness (QED) is 0.124. The molecule has 4 aliphatic rings. The standard InChI is InChI=1S/C57H76FN9O7/c1-11-48(68)65-26-25-62(8)57(34-65)19-23-64(24-20-57)55(72)63(9)50(36(3)4)52(69)60-46-30-38-27-39(33-58)29-41(28-38)40-17-18-47-43(31-40)44(51(66(47)12-2)42-15-13-21-59-49(42)37(5)73-10)32-56(6,7)35-74-54(71)45-16-14-22-67(61-45)53(46)70/h11,13,15,17-18,21,27-29,31,36-37,45-46,50,61H,1,12,14,16,19-20,22-26,30,32-35H2,2-10H3,(H,60,69)/t37-,45-,46-,50-/m0/s1. The maximum atomic E-state index is 15.1. The molecule has 3 fully saturated rings. The number of aryl methyl sites for hydroxylation is 1. The number of esters is 1. The SMILES string of the molecule is C=CC(=O)N1CCN(C)C2(CCN(C(=O)N(C)[C@H](C(=O)N[C@H]3Cc4cc(CF)cc(c4)-c4ccc5c(c4)c(c(-c4cccnc4[C@H](C)OC)n5CC)CC(C)(C)COC(=O)[C@@H]4CCCN(N4)C3=O)C(C)C)CC2)C1. The van der Waals surface area contributed by atoms with E-state index in [0.29, 0.717) is 82.5 Å². The Morgan fingerprint density at radius 1 is 1.03 bits per heavy atom. The van der Waals surface area contributed by atoms with Crippen molar-refractivity contribution in [3.05, 3.63) is 89.8 Å². The number of methoxy groups -OCH3 is 1. The summed E-state index contributed by atoms with van der Waals surface area (Å²) in [6.07, 6.45) is 5.58. The van der Waals surface area contributed by atoms with Crippen LogP contribution >= 0.6 is 0 Å². The fraction of sp³-hybridized carbons (Fsp3) is 0.544. The minimum absolute atomic E-state index is 0.00616. The number of nitrogens with one attached hydrogen (secondary N) is 2. The molecule has 0 aliphatic carbocycles. The van der Waals surface area contributed by atoms with Gasteiger partial charge in [-0.05, 0) is 123 Å². The molecule has 0 saturated carbocycles. The first-order chi connectivity index (χ1) is 35.3. The Kier molecular flexibility index (Phi) is 16.3. The molecule has 2 N–H and O–H groups in total. The van der Waals surface area contributed by atoms with Gasteiger partial charge in [0.15, 0.2) is 0 Å². The van der Waals surface area contributed by atoms with Gasteiger partial charge < -0.3 is 34.1 Å². The van der Waals surface area contributed by atoms with Gasteiger partial charge in [0, 0.05) is 100 Å². The minimum atomic E-state index is -1.17. The summed E-state index contributed by atoms with van der Waals surface area (Å²) in [4.78, 5) is 83.0. The number of likely N-dealkylation sites (N-methyl/N-ethyl adjacent to an activating group) is 2. The summed E-state index contributed by atoms with van der Waals surface area (Å²) in [5.41, 5.74) is 9.73. The first kappa shape index (κ1) is 54.1. The van der Waals surface area contributed by atoms with Crippen molar-refractivity contribution in [2.75, 3.05) is 67.1 Å². The molecule has 6 heterocycles. The van der Waals surface area contributed by atoms with Crippen molar-refractivity contribution in [3.63, 3.8) is 0 Å². The van der Waals surface area contributed by atoms with Crippen LogP contribution in [0.2, 0.25) is 0 Å². The molecule has 1 spiro atoms. The molecule has 3 saturated heterocycles. The van der Waals surface area contributed by atoms with Crippen molar-refractivity contribution in [2.24, 2.45) is 11.3 Å². The van der Waals surface area contributed by atoms with E-state index in [1.165, 1.54) is 16.0 Å². The Balaban J connectivity index is 1.15. The molecule has 4 aliphatic heterocycles. The summed E-state index contributed by atoms with van der Waals surface area (Å²) >= 11 is 0. The van der Waals surface area contributed by atoms with E-state index in [-0.39, 0.29) is 49.1 Å². The summed E-state index contributed by atoms with van der Waals surface area (Å²) in [5, 5.41) is 5.45. The van der Waals surface area contributed by atoms with Crippen LogP contribution in [0.3, 0.4) is 0 Å². The number of pyridine rings is 1. The monoisotopic (exact) mass is 1020 g/mol. The lowest BCUT2D eigenvalue weighted by Gasteiger charge is -2.53. The highest BCUT2D eigenvalue weighted by Gasteiger charge is 2.45. The molecule has 2 aromatic carbocycles. The summed E-state index contributed by atoms with van der Waals surface area (Å²) in [7, 11) is 5.36. The van der Waals surface area contributed by atoms with Gasteiger partial charge in [-0.1, -0.05) is 52.5 Å². The Labute approximate surface area is 435 Å². The van der Waals surface area contributed by atoms with Crippen molar-refractivity contribution in [1.29, 1.82) is 0 Å². The highest BCUT2D eigenvalue weighted by Crippen LogP contribution is 2.42. The second-order valence-electron chi connectivity index (χ2n) is 22.0. The number of carbonyl (C=O) groups excluding carboxylic acids is 5. The average Bonchev–Trinajstić information content (AvgIpc) is 3.70. The second kappa shape index (κ2) is 22.4. The highest BCUT2D eigenvalue weighted by atomic mass is 19.1. The van der Waals surface area contributed by atoms with Gasteiger partial charge in [-0.15, -0.1) is 0 Å². The molecule has 16 nitrogen and oxygen atoms in total. The number of piperidine rings is 1. The number of carbonyl (C=O) groups is 5. The van der Waals surface area contributed by atoms with Crippen LogP contribution in [-0.4, -0.2) is 155 Å². The zero-order valence-electron chi connectivity index (χ0n) is 44.8. The molecule has 0 unspecified atom stereocenters. The van der Waals surface area contributed by atoms with Crippen LogP contribution in [0.5, 0.6) is 0 Å². The Morgan fingerprint density at radius 3 is 2.47 bits per heavy atom. The third-order valence-corrected chi connectivity index (χ3v) is 16.0. The zero-order chi connectivity index (χ0) is 53.2. The predicted molar refractivity (Wildman–Crippen MR) is 283 cm³/mol. The lowest BCUT2D eigenvalue weighted by atomic mass is 9.83. The van der Waals surface area contributed by atoms with E-state index < -0.39 is 48.0 Å². The first-order valence-electron chi connectivity index (χ1n) is 26.3. The Hall–Kier alpha value is -6.17. The third-order valence-electron chi connectivity index (χ3n) is 16.0. The van der Waals surface area contributed by atoms with Gasteiger partial charge >= 0.3 is 12.0 Å². The zero-order valence-corrected chi connectivity index (χ0v) is 44.8. The molecule has 4 aromatic rings. The molecular formula is C57H76FN9O7. The van der Waals surface area contributed by atoms with Gasteiger partial charge in [-0.3, -0.25) is 34.1 Å². The summed E-state index contributed by atoms with van der Waals surface area (Å²) in [6.45, 7) is 18.7. The van der Waals surface area contributed by atoms with Gasteiger partial charge in [0.25, 0.3) is 5.91 Å². The molecule has 8 rings (SSSR count). The maximum Gasteiger partial charge on any atom is 0.324 e. The van der Waals surface area contributed by atoms with Crippen molar-refractivity contribution in [2.45, 2.75) is 123 Å². The molecule has 4 atom stereocenters. The smallest absolute Gasteiger partial charge is 0.324 e. The van der Waals surface area contributed by atoms with Crippen molar-refractivity contribution in [1.82, 2.24) is 44.9 Å². The summed E-state index contributed by atoms with van der Waals surface area (Å²) in [6, 6.07) is 12.5. The topological polar surface area (TPSA) is 162 Å². The fourth-order valence-electron chi connectivity index (χ4n) is 11.8. The molecule has 2 aromatic heterocycles. The fourth-order valence-corrected chi connectivity index (χ4v) is 11.8. The van der Waals surface area contributed by atoms with E-state index in [1.807, 2.05) is 49.9 Å². The normalized spacial score (nSPS) is 21.3. The van der Waals surface area contributed by atoms with Crippen LogP contribution in [0.4, 0.5) is 9.18 Å². The van der Waals surface area contributed by atoms with Crippen molar-refractivity contribution < 1.29 is 37.8 Å². The van der Waals surface area contributed by atoms with Crippen LogP contribution in [0.15, 0.2) is 67.4 Å². The number of likely N-dealkylation sites (tertiary alicyclic amines) is 1. The number of ether oxygens (including phenoxy) is 2. The average molecular weight is 1020 g/mol. The lowest BCUT2D eigenvalue weighted by molar-refractivity contribution is -0.155. The molecular weight excluding hydrogens is 942 g/mol. The van der Waals surface area contributed by atoms with Crippen LogP contribution in [0, 0.1) is 11.3 Å². The van der Waals surface area contributed by atoms with Gasteiger partial charge in [0.05, 0.1) is 24.1 Å². The Morgan fingerprint density at radius 2 is 1.78 bits per heavy atom. The van der Waals surface area contributed by atoms with E-state index in [4.69, 9.17) is 14.5 Å².